The Morgan fingerprint density at radius 1 is 0.476 bits per heavy atom. The maximum Gasteiger partial charge on any atom is 0.306 e. The van der Waals surface area contributed by atoms with Crippen LogP contribution in [0.15, 0.2) is 122 Å². The van der Waals surface area contributed by atoms with Gasteiger partial charge in [-0.1, -0.05) is 251 Å². The largest absolute Gasteiger partial charge is 0.462 e. The summed E-state index contributed by atoms with van der Waals surface area (Å²) in [5.41, 5.74) is 0. The normalized spacial score (nSPS) is 14.3. The van der Waals surface area contributed by atoms with E-state index in [1.54, 1.807) is 0 Å². The molecule has 0 rings (SSSR count). The summed E-state index contributed by atoms with van der Waals surface area (Å²) in [6, 6.07) is -0.742. The van der Waals surface area contributed by atoms with Crippen LogP contribution in [0.1, 0.15) is 201 Å². The molecule has 3 atom stereocenters. The highest BCUT2D eigenvalue weighted by Gasteiger charge is 2.24. The van der Waals surface area contributed by atoms with Crippen molar-refractivity contribution in [2.45, 2.75) is 219 Å². The molecular weight excluding hydrogens is 779 g/mol. The maximum absolute atomic E-state index is 13.2. The van der Waals surface area contributed by atoms with Crippen LogP contribution in [-0.2, 0) is 14.3 Å². The third-order valence-electron chi connectivity index (χ3n) is 10.8. The molecule has 0 saturated heterocycles. The number of aliphatic hydroxyl groups excluding tert-OH is 2. The SMILES string of the molecule is CC/C=C/C=C/C=C\C=C/C=C/CCCCCC(=O)OC(CCC/C=C/C=C\C=C/C=C/C=C/CC)CC(=O)NC(CO)C(O)CCCCCCCCCCCCCCCCCC. The third kappa shape index (κ3) is 44.7. The second kappa shape index (κ2) is 49.3. The maximum atomic E-state index is 13.2. The molecule has 3 N–H and O–H groups in total. The summed E-state index contributed by atoms with van der Waals surface area (Å²) in [6.45, 7) is 6.16. The number of unbranched alkanes of at least 4 members (excludes halogenated alkanes) is 19. The van der Waals surface area contributed by atoms with E-state index in [1.165, 1.54) is 83.5 Å². The van der Waals surface area contributed by atoms with Crippen molar-refractivity contribution in [1.82, 2.24) is 5.32 Å². The first-order valence-corrected chi connectivity index (χ1v) is 25.4. The number of hydrogen-bond donors (Lipinski definition) is 3. The number of allylic oxidation sites excluding steroid dienone is 20. The quantitative estimate of drug-likeness (QED) is 0.0322. The van der Waals surface area contributed by atoms with Crippen molar-refractivity contribution in [2.75, 3.05) is 6.61 Å². The number of hydrogen-bond acceptors (Lipinski definition) is 5. The van der Waals surface area contributed by atoms with E-state index in [0.717, 1.165) is 70.6 Å². The number of rotatable bonds is 43. The average molecular weight is 872 g/mol. The van der Waals surface area contributed by atoms with Crippen LogP contribution in [0, 0.1) is 0 Å². The third-order valence-corrected chi connectivity index (χ3v) is 10.8. The lowest BCUT2D eigenvalue weighted by molar-refractivity contribution is -0.151. The number of ether oxygens (including phenoxy) is 1. The molecule has 6 nitrogen and oxygen atoms in total. The average Bonchev–Trinajstić information content (AvgIpc) is 3.28. The van der Waals surface area contributed by atoms with Gasteiger partial charge in [-0.2, -0.15) is 0 Å². The topological polar surface area (TPSA) is 95.9 Å². The van der Waals surface area contributed by atoms with E-state index >= 15 is 0 Å². The lowest BCUT2D eigenvalue weighted by Crippen LogP contribution is -2.46. The fraction of sp³-hybridized carbons (Fsp3) is 0.614. The van der Waals surface area contributed by atoms with E-state index in [-0.39, 0.29) is 24.9 Å². The highest BCUT2D eigenvalue weighted by Crippen LogP contribution is 2.17. The standard InChI is InChI=1S/C57H93NO5/c1-4-7-10-13-16-19-22-25-27-29-31-34-37-40-43-46-49-55(60)54(52-59)58-56(61)51-53(48-45-42-39-36-33-30-24-21-18-15-12-9-6-3)63-57(62)50-47-44-41-38-35-32-28-26-23-20-17-14-11-8-5-2/h8-9,11-12,14-15,17-18,20-21,23-24,26,28,30,32-33,35-36,39,53-55,59-60H,4-7,10,13,16,19,22,25,27,29,31,34,37-38,40-52H2,1-3H3,(H,58,61)/b11-8+,12-9+,17-14+,18-15+,23-20-,24-21-,28-26-,33-30-,35-32+,39-36+. The fourth-order valence-electron chi connectivity index (χ4n) is 7.01. The van der Waals surface area contributed by atoms with E-state index in [9.17, 15) is 19.8 Å². The highest BCUT2D eigenvalue weighted by atomic mass is 16.5. The zero-order valence-corrected chi connectivity index (χ0v) is 40.4. The summed E-state index contributed by atoms with van der Waals surface area (Å²) < 4.78 is 5.87. The number of amides is 1. The Labute approximate surface area is 387 Å². The summed E-state index contributed by atoms with van der Waals surface area (Å²) in [7, 11) is 0. The lowest BCUT2D eigenvalue weighted by Gasteiger charge is -2.24. The molecule has 0 aromatic heterocycles. The minimum absolute atomic E-state index is 0.00305. The van der Waals surface area contributed by atoms with Crippen molar-refractivity contribution in [3.05, 3.63) is 122 Å². The zero-order chi connectivity index (χ0) is 45.9. The van der Waals surface area contributed by atoms with Crippen LogP contribution in [0.5, 0.6) is 0 Å². The molecule has 0 aromatic carbocycles. The van der Waals surface area contributed by atoms with Gasteiger partial charge >= 0.3 is 5.97 Å². The van der Waals surface area contributed by atoms with Crippen molar-refractivity contribution in [1.29, 1.82) is 0 Å². The number of nitrogens with one attached hydrogen (secondary N) is 1. The number of carbonyl (C=O) groups is 2. The lowest BCUT2D eigenvalue weighted by atomic mass is 10.0. The van der Waals surface area contributed by atoms with Crippen LogP contribution in [0.3, 0.4) is 0 Å². The van der Waals surface area contributed by atoms with Crippen molar-refractivity contribution < 1.29 is 24.5 Å². The van der Waals surface area contributed by atoms with Gasteiger partial charge in [-0.05, 0) is 57.8 Å². The predicted molar refractivity (Wildman–Crippen MR) is 273 cm³/mol. The van der Waals surface area contributed by atoms with Crippen molar-refractivity contribution >= 4 is 11.9 Å². The minimum atomic E-state index is -0.823. The van der Waals surface area contributed by atoms with Gasteiger partial charge in [-0.3, -0.25) is 9.59 Å². The Morgan fingerprint density at radius 3 is 1.32 bits per heavy atom. The Balaban J connectivity index is 4.74. The van der Waals surface area contributed by atoms with Crippen LogP contribution in [-0.4, -0.2) is 46.9 Å². The first kappa shape index (κ1) is 59.3. The van der Waals surface area contributed by atoms with Gasteiger partial charge in [0.2, 0.25) is 5.91 Å². The first-order chi connectivity index (χ1) is 31.0. The highest BCUT2D eigenvalue weighted by molar-refractivity contribution is 5.77. The molecule has 0 saturated carbocycles. The van der Waals surface area contributed by atoms with E-state index in [4.69, 9.17) is 4.74 Å². The molecule has 0 spiro atoms. The van der Waals surface area contributed by atoms with E-state index in [2.05, 4.69) is 50.4 Å². The Morgan fingerprint density at radius 2 is 0.873 bits per heavy atom. The van der Waals surface area contributed by atoms with Crippen LogP contribution >= 0.6 is 0 Å². The molecule has 0 heterocycles. The van der Waals surface area contributed by atoms with Gasteiger partial charge in [0.25, 0.3) is 0 Å². The Kier molecular flexibility index (Phi) is 46.4. The molecule has 356 valence electrons. The zero-order valence-electron chi connectivity index (χ0n) is 40.4. The summed E-state index contributed by atoms with van der Waals surface area (Å²) >= 11 is 0. The van der Waals surface area contributed by atoms with Crippen LogP contribution in [0.25, 0.3) is 0 Å². The van der Waals surface area contributed by atoms with E-state index in [1.807, 2.05) is 97.2 Å². The van der Waals surface area contributed by atoms with Gasteiger partial charge in [0.1, 0.15) is 6.10 Å². The number of esters is 1. The van der Waals surface area contributed by atoms with Gasteiger partial charge < -0.3 is 20.3 Å². The fourth-order valence-corrected chi connectivity index (χ4v) is 7.01. The van der Waals surface area contributed by atoms with Crippen molar-refractivity contribution in [3.63, 3.8) is 0 Å². The van der Waals surface area contributed by atoms with E-state index < -0.39 is 18.2 Å². The van der Waals surface area contributed by atoms with Gasteiger partial charge in [-0.25, -0.2) is 0 Å². The number of carbonyl (C=O) groups excluding carboxylic acids is 2. The molecule has 63 heavy (non-hydrogen) atoms. The molecule has 0 fully saturated rings. The smallest absolute Gasteiger partial charge is 0.306 e. The van der Waals surface area contributed by atoms with Gasteiger partial charge in [0.15, 0.2) is 0 Å². The number of aliphatic hydroxyl groups is 2. The molecule has 0 aliphatic rings. The van der Waals surface area contributed by atoms with Crippen LogP contribution < -0.4 is 5.32 Å². The molecular formula is C57H93NO5. The van der Waals surface area contributed by atoms with Gasteiger partial charge in [-0.15, -0.1) is 0 Å². The second-order valence-electron chi connectivity index (χ2n) is 16.7. The Bertz CT molecular complexity index is 1350. The van der Waals surface area contributed by atoms with Gasteiger partial charge in [0.05, 0.1) is 25.2 Å². The molecule has 6 heteroatoms. The molecule has 1 amide bonds. The monoisotopic (exact) mass is 872 g/mol. The van der Waals surface area contributed by atoms with Crippen molar-refractivity contribution in [2.24, 2.45) is 0 Å². The Hall–Kier alpha value is -3.74. The molecule has 3 unspecified atom stereocenters. The van der Waals surface area contributed by atoms with E-state index in [0.29, 0.717) is 19.3 Å². The summed E-state index contributed by atoms with van der Waals surface area (Å²) in [6.07, 6.45) is 68.3. The van der Waals surface area contributed by atoms with Crippen molar-refractivity contribution in [3.8, 4) is 0 Å². The van der Waals surface area contributed by atoms with Crippen LogP contribution in [0.4, 0.5) is 0 Å². The summed E-state index contributed by atoms with van der Waals surface area (Å²) in [5, 5.41) is 23.7. The predicted octanol–water partition coefficient (Wildman–Crippen LogP) is 15.3. The molecule has 0 aliphatic heterocycles. The molecule has 0 aliphatic carbocycles. The van der Waals surface area contributed by atoms with Crippen LogP contribution in [0.2, 0.25) is 0 Å². The first-order valence-electron chi connectivity index (χ1n) is 25.4. The summed E-state index contributed by atoms with van der Waals surface area (Å²) in [5.74, 6) is -0.608. The molecule has 0 aromatic rings. The minimum Gasteiger partial charge on any atom is -0.462 e. The molecule has 0 radical (unpaired) electrons. The van der Waals surface area contributed by atoms with Gasteiger partial charge in [0, 0.05) is 6.42 Å². The summed E-state index contributed by atoms with van der Waals surface area (Å²) in [4.78, 5) is 26.1. The molecule has 0 bridgehead atoms. The second-order valence-corrected chi connectivity index (χ2v) is 16.7.